The summed E-state index contributed by atoms with van der Waals surface area (Å²) >= 11 is 0. The van der Waals surface area contributed by atoms with Crippen LogP contribution in [0, 0.1) is 0 Å². The van der Waals surface area contributed by atoms with Crippen molar-refractivity contribution >= 4 is 21.8 Å². The molecule has 0 aliphatic carbocycles. The Kier molecular flexibility index (Phi) is 9.08. The minimum Gasteiger partial charge on any atom is -0.493 e. The van der Waals surface area contributed by atoms with Crippen molar-refractivity contribution in [3.63, 3.8) is 0 Å². The summed E-state index contributed by atoms with van der Waals surface area (Å²) in [6.45, 7) is 5.01. The average Bonchev–Trinajstić information content (AvgIpc) is 2.78. The monoisotopic (exact) mass is 457 g/mol. The van der Waals surface area contributed by atoms with Crippen LogP contribution in [0.25, 0.3) is 0 Å². The van der Waals surface area contributed by atoms with Crippen LogP contribution in [-0.4, -0.2) is 77.6 Å². The van der Waals surface area contributed by atoms with Gasteiger partial charge < -0.3 is 24.8 Å². The summed E-state index contributed by atoms with van der Waals surface area (Å²) in [5.41, 5.74) is 0.0102. The molecular formula is C20H31N3O7S. The molecule has 31 heavy (non-hydrogen) atoms. The molecule has 2 amide bonds. The van der Waals surface area contributed by atoms with Crippen LogP contribution in [0.15, 0.2) is 17.0 Å². The maximum Gasteiger partial charge on any atom is 0.255 e. The number of morpholine rings is 1. The summed E-state index contributed by atoms with van der Waals surface area (Å²) in [5, 5.41) is 5.46. The van der Waals surface area contributed by atoms with Crippen molar-refractivity contribution in [3.05, 3.63) is 17.7 Å². The molecule has 1 aliphatic rings. The first kappa shape index (κ1) is 24.9. The van der Waals surface area contributed by atoms with Gasteiger partial charge in [-0.2, -0.15) is 4.31 Å². The molecule has 2 rings (SSSR count). The summed E-state index contributed by atoms with van der Waals surface area (Å²) in [7, 11) is -1.12. The van der Waals surface area contributed by atoms with E-state index in [0.29, 0.717) is 13.2 Å². The average molecular weight is 458 g/mol. The minimum atomic E-state index is -3.85. The molecule has 174 valence electrons. The second-order valence-electron chi connectivity index (χ2n) is 7.11. The highest BCUT2D eigenvalue weighted by molar-refractivity contribution is 7.89. The van der Waals surface area contributed by atoms with Crippen molar-refractivity contribution in [1.82, 2.24) is 14.9 Å². The van der Waals surface area contributed by atoms with Crippen LogP contribution in [-0.2, 0) is 19.6 Å². The van der Waals surface area contributed by atoms with Gasteiger partial charge in [0.1, 0.15) is 0 Å². The van der Waals surface area contributed by atoms with Gasteiger partial charge in [-0.05, 0) is 19.4 Å². The quantitative estimate of drug-likeness (QED) is 0.532. The number of amides is 2. The Morgan fingerprint density at radius 2 is 1.87 bits per heavy atom. The number of rotatable bonds is 10. The van der Waals surface area contributed by atoms with Crippen molar-refractivity contribution in [2.24, 2.45) is 0 Å². The molecule has 0 bridgehead atoms. The Hall–Kier alpha value is -2.37. The number of ether oxygens (including phenoxy) is 3. The van der Waals surface area contributed by atoms with Gasteiger partial charge in [0.15, 0.2) is 11.5 Å². The number of hydrogen-bond acceptors (Lipinski definition) is 7. The van der Waals surface area contributed by atoms with Crippen molar-refractivity contribution in [1.29, 1.82) is 0 Å². The molecular weight excluding hydrogens is 426 g/mol. The highest BCUT2D eigenvalue weighted by atomic mass is 32.2. The summed E-state index contributed by atoms with van der Waals surface area (Å²) in [5.74, 6) is -0.505. The van der Waals surface area contributed by atoms with E-state index in [1.807, 2.05) is 13.8 Å². The van der Waals surface area contributed by atoms with E-state index in [1.54, 1.807) is 0 Å². The molecule has 0 spiro atoms. The number of benzene rings is 1. The van der Waals surface area contributed by atoms with E-state index in [9.17, 15) is 18.0 Å². The van der Waals surface area contributed by atoms with Gasteiger partial charge in [0.2, 0.25) is 15.9 Å². The Bertz CT molecular complexity index is 883. The molecule has 1 heterocycles. The molecule has 0 aromatic heterocycles. The third-order valence-electron chi connectivity index (χ3n) is 4.96. The largest absolute Gasteiger partial charge is 0.493 e. The molecule has 11 heteroatoms. The van der Waals surface area contributed by atoms with Crippen LogP contribution in [0.4, 0.5) is 0 Å². The first-order valence-electron chi connectivity index (χ1n) is 10.2. The molecule has 1 aliphatic heterocycles. The van der Waals surface area contributed by atoms with E-state index >= 15 is 0 Å². The molecule has 1 fully saturated rings. The van der Waals surface area contributed by atoms with Crippen LogP contribution in [0.5, 0.6) is 11.5 Å². The lowest BCUT2D eigenvalue weighted by Crippen LogP contribution is -2.40. The highest BCUT2D eigenvalue weighted by Crippen LogP contribution is 2.35. The van der Waals surface area contributed by atoms with E-state index in [0.717, 1.165) is 6.42 Å². The third kappa shape index (κ3) is 6.31. The fraction of sp³-hybridized carbons (Fsp3) is 0.600. The van der Waals surface area contributed by atoms with Gasteiger partial charge in [0.25, 0.3) is 5.91 Å². The van der Waals surface area contributed by atoms with Gasteiger partial charge in [0, 0.05) is 38.2 Å². The highest BCUT2D eigenvalue weighted by Gasteiger charge is 2.30. The van der Waals surface area contributed by atoms with Crippen LogP contribution < -0.4 is 20.1 Å². The van der Waals surface area contributed by atoms with Gasteiger partial charge in [-0.3, -0.25) is 9.59 Å². The van der Waals surface area contributed by atoms with E-state index in [4.69, 9.17) is 14.2 Å². The molecule has 1 unspecified atom stereocenters. The molecule has 0 radical (unpaired) electrons. The second kappa shape index (κ2) is 11.3. The smallest absolute Gasteiger partial charge is 0.255 e. The number of hydrogen-bond donors (Lipinski definition) is 2. The van der Waals surface area contributed by atoms with Gasteiger partial charge >= 0.3 is 0 Å². The molecule has 1 aromatic rings. The molecule has 1 aromatic carbocycles. The Labute approximate surface area is 183 Å². The summed E-state index contributed by atoms with van der Waals surface area (Å²) in [6, 6.07) is 2.65. The number of sulfonamides is 1. The van der Waals surface area contributed by atoms with Crippen molar-refractivity contribution in [3.8, 4) is 11.5 Å². The normalized spacial score (nSPS) is 15.7. The first-order valence-corrected chi connectivity index (χ1v) is 11.6. The molecule has 10 nitrogen and oxygen atoms in total. The summed E-state index contributed by atoms with van der Waals surface area (Å²) in [4.78, 5) is 24.6. The Morgan fingerprint density at radius 1 is 1.19 bits per heavy atom. The predicted molar refractivity (Wildman–Crippen MR) is 114 cm³/mol. The van der Waals surface area contributed by atoms with E-state index in [2.05, 4.69) is 10.6 Å². The van der Waals surface area contributed by atoms with Gasteiger partial charge in [0.05, 0.1) is 37.9 Å². The lowest BCUT2D eigenvalue weighted by molar-refractivity contribution is -0.121. The zero-order valence-corrected chi connectivity index (χ0v) is 19.2. The van der Waals surface area contributed by atoms with Crippen LogP contribution in [0.2, 0.25) is 0 Å². The lowest BCUT2D eigenvalue weighted by atomic mass is 10.1. The van der Waals surface area contributed by atoms with Gasteiger partial charge in [-0.1, -0.05) is 6.92 Å². The number of methoxy groups -OCH3 is 2. The van der Waals surface area contributed by atoms with Crippen LogP contribution >= 0.6 is 0 Å². The number of carbonyl (C=O) groups excluding carboxylic acids is 2. The van der Waals surface area contributed by atoms with Crippen molar-refractivity contribution in [2.45, 2.75) is 37.6 Å². The predicted octanol–water partition coefficient (Wildman–Crippen LogP) is 0.759. The number of carbonyl (C=O) groups is 2. The number of nitrogens with one attached hydrogen (secondary N) is 2. The van der Waals surface area contributed by atoms with Crippen LogP contribution in [0.1, 0.15) is 37.0 Å². The zero-order chi connectivity index (χ0) is 23.0. The van der Waals surface area contributed by atoms with Crippen LogP contribution in [0.3, 0.4) is 0 Å². The van der Waals surface area contributed by atoms with Crippen molar-refractivity contribution in [2.75, 3.05) is 47.1 Å². The van der Waals surface area contributed by atoms with E-state index in [-0.39, 0.29) is 60.0 Å². The molecule has 1 saturated heterocycles. The van der Waals surface area contributed by atoms with E-state index < -0.39 is 15.9 Å². The molecule has 1 atom stereocenters. The summed E-state index contributed by atoms with van der Waals surface area (Å²) in [6.07, 6.45) is 0.904. The van der Waals surface area contributed by atoms with E-state index in [1.165, 1.54) is 30.7 Å². The van der Waals surface area contributed by atoms with Crippen molar-refractivity contribution < 1.29 is 32.2 Å². The lowest BCUT2D eigenvalue weighted by Gasteiger charge is -2.26. The third-order valence-corrected chi connectivity index (χ3v) is 6.84. The molecule has 2 N–H and O–H groups in total. The summed E-state index contributed by atoms with van der Waals surface area (Å²) < 4.78 is 43.2. The Morgan fingerprint density at radius 3 is 2.45 bits per heavy atom. The Balaban J connectivity index is 2.24. The maximum absolute atomic E-state index is 13.1. The topological polar surface area (TPSA) is 123 Å². The second-order valence-corrected chi connectivity index (χ2v) is 9.04. The van der Waals surface area contributed by atoms with Gasteiger partial charge in [-0.25, -0.2) is 8.42 Å². The zero-order valence-electron chi connectivity index (χ0n) is 18.4. The maximum atomic E-state index is 13.1. The fourth-order valence-electron chi connectivity index (χ4n) is 3.03. The SMILES string of the molecule is CCC(C)NC(=O)CCNC(=O)c1cc(S(=O)(=O)N2CCOCC2)cc(OC)c1OC. The standard InChI is InChI=1S/C20H31N3O7S/c1-5-14(2)22-18(24)6-7-21-20(25)16-12-15(13-17(28-3)19(16)29-4)31(26,27)23-8-10-30-11-9-23/h12-14H,5-11H2,1-4H3,(H,21,25)(H,22,24). The first-order chi connectivity index (χ1) is 14.7. The fourth-order valence-corrected chi connectivity index (χ4v) is 4.48. The van der Waals surface area contributed by atoms with Gasteiger partial charge in [-0.15, -0.1) is 0 Å². The number of nitrogens with zero attached hydrogens (tertiary/aromatic N) is 1. The molecule has 0 saturated carbocycles. The minimum absolute atomic E-state index is 0.0102.